The summed E-state index contributed by atoms with van der Waals surface area (Å²) >= 11 is 0. The Bertz CT molecular complexity index is 1400. The number of nitriles is 1. The van der Waals surface area contributed by atoms with Crippen molar-refractivity contribution in [1.29, 1.82) is 5.26 Å². The maximum absolute atomic E-state index is 11.7. The third-order valence-electron chi connectivity index (χ3n) is 5.68. The molecule has 2 N–H and O–H groups in total. The summed E-state index contributed by atoms with van der Waals surface area (Å²) in [6, 6.07) is 22.5. The Balaban J connectivity index is 1.87. The molecule has 0 spiro atoms. The van der Waals surface area contributed by atoms with E-state index in [9.17, 15) is 15.2 Å². The van der Waals surface area contributed by atoms with Crippen molar-refractivity contribution in [3.63, 3.8) is 0 Å². The van der Waals surface area contributed by atoms with E-state index in [1.807, 2.05) is 49.4 Å². The first-order valence-corrected chi connectivity index (χ1v) is 10.6. The Hall–Kier alpha value is -4.37. The number of imidazole rings is 1. The lowest BCUT2D eigenvalue weighted by atomic mass is 9.88. The number of carboxylic acids is 1. The number of aromatic carboxylic acids is 1. The average Bonchev–Trinajstić information content (AvgIpc) is 3.27. The summed E-state index contributed by atoms with van der Waals surface area (Å²) in [7, 11) is 0. The Labute approximate surface area is 191 Å². The Morgan fingerprint density at radius 2 is 1.88 bits per heavy atom. The van der Waals surface area contributed by atoms with Gasteiger partial charge in [-0.3, -0.25) is 0 Å². The van der Waals surface area contributed by atoms with Crippen molar-refractivity contribution in [2.45, 2.75) is 25.9 Å². The van der Waals surface area contributed by atoms with E-state index in [1.54, 1.807) is 25.1 Å². The molecule has 0 aliphatic rings. The number of H-pyrrole nitrogens is 1. The standard InChI is InChI=1S/C27H23N3O3/c1-4-27(33-17(2)3,26-29-23-11-7-10-22(25(31)32)24(23)30-26)20-14-12-18(13-15-20)21-9-6-5-8-19(21)16-28/h5-15H,2,4H2,1,3H3,(H,29,30)(H,31,32). The zero-order valence-corrected chi connectivity index (χ0v) is 18.4. The van der Waals surface area contributed by atoms with Crippen LogP contribution in [0.3, 0.4) is 0 Å². The normalized spacial score (nSPS) is 12.6. The van der Waals surface area contributed by atoms with Crippen LogP contribution in [0.1, 0.15) is 47.6 Å². The van der Waals surface area contributed by atoms with E-state index in [0.717, 1.165) is 16.7 Å². The Morgan fingerprint density at radius 3 is 2.52 bits per heavy atom. The van der Waals surface area contributed by atoms with Crippen molar-refractivity contribution in [2.24, 2.45) is 0 Å². The molecular formula is C27H23N3O3. The summed E-state index contributed by atoms with van der Waals surface area (Å²) < 4.78 is 6.29. The molecule has 0 aliphatic heterocycles. The number of aromatic amines is 1. The van der Waals surface area contributed by atoms with Gasteiger partial charge in [-0.25, -0.2) is 9.78 Å². The largest absolute Gasteiger partial charge is 0.480 e. The van der Waals surface area contributed by atoms with E-state index >= 15 is 0 Å². The van der Waals surface area contributed by atoms with E-state index < -0.39 is 11.6 Å². The second-order valence-electron chi connectivity index (χ2n) is 7.81. The summed E-state index contributed by atoms with van der Waals surface area (Å²) in [6.07, 6.45) is 0.524. The second-order valence-corrected chi connectivity index (χ2v) is 7.81. The van der Waals surface area contributed by atoms with Crippen LogP contribution in [0, 0.1) is 11.3 Å². The molecule has 1 unspecified atom stereocenters. The van der Waals surface area contributed by atoms with Crippen molar-refractivity contribution >= 4 is 17.0 Å². The quantitative estimate of drug-likeness (QED) is 0.345. The SMILES string of the molecule is C=C(C)OC(CC)(c1ccc(-c2ccccc2C#N)cc1)c1nc2c(C(=O)O)cccc2[nH]1. The van der Waals surface area contributed by atoms with Gasteiger partial charge in [0.25, 0.3) is 0 Å². The van der Waals surface area contributed by atoms with Crippen LogP contribution in [-0.2, 0) is 10.3 Å². The summed E-state index contributed by atoms with van der Waals surface area (Å²) in [5, 5.41) is 19.0. The number of aromatic nitrogens is 2. The number of allylic oxidation sites excluding steroid dienone is 1. The van der Waals surface area contributed by atoms with E-state index in [0.29, 0.717) is 34.6 Å². The Kier molecular flexibility index (Phi) is 5.72. The molecule has 33 heavy (non-hydrogen) atoms. The highest BCUT2D eigenvalue weighted by molar-refractivity contribution is 6.00. The maximum atomic E-state index is 11.7. The lowest BCUT2D eigenvalue weighted by Crippen LogP contribution is -2.31. The zero-order valence-electron chi connectivity index (χ0n) is 18.4. The summed E-state index contributed by atoms with van der Waals surface area (Å²) in [5.41, 5.74) is 3.33. The molecule has 1 atom stereocenters. The zero-order chi connectivity index (χ0) is 23.6. The van der Waals surface area contributed by atoms with Gasteiger partial charge in [-0.1, -0.05) is 62.0 Å². The van der Waals surface area contributed by atoms with Gasteiger partial charge >= 0.3 is 5.97 Å². The van der Waals surface area contributed by atoms with Crippen LogP contribution in [0.15, 0.2) is 79.1 Å². The molecule has 0 saturated carbocycles. The molecule has 0 radical (unpaired) electrons. The number of ether oxygens (including phenoxy) is 1. The van der Waals surface area contributed by atoms with Crippen molar-refractivity contribution in [1.82, 2.24) is 9.97 Å². The van der Waals surface area contributed by atoms with Crippen LogP contribution in [0.25, 0.3) is 22.2 Å². The van der Waals surface area contributed by atoms with Gasteiger partial charge in [-0.15, -0.1) is 0 Å². The van der Waals surface area contributed by atoms with Gasteiger partial charge in [-0.05, 0) is 42.7 Å². The number of benzene rings is 3. The fourth-order valence-electron chi connectivity index (χ4n) is 4.13. The average molecular weight is 437 g/mol. The first-order chi connectivity index (χ1) is 15.9. The highest BCUT2D eigenvalue weighted by atomic mass is 16.5. The monoisotopic (exact) mass is 437 g/mol. The number of nitrogens with zero attached hydrogens (tertiary/aromatic N) is 2. The van der Waals surface area contributed by atoms with Gasteiger partial charge in [0.05, 0.1) is 28.5 Å². The van der Waals surface area contributed by atoms with Gasteiger partial charge < -0.3 is 14.8 Å². The Morgan fingerprint density at radius 1 is 1.15 bits per heavy atom. The number of fused-ring (bicyclic) bond motifs is 1. The van der Waals surface area contributed by atoms with E-state index in [4.69, 9.17) is 4.74 Å². The summed E-state index contributed by atoms with van der Waals surface area (Å²) in [6.45, 7) is 7.68. The van der Waals surface area contributed by atoms with Crippen LogP contribution >= 0.6 is 0 Å². The third kappa shape index (κ3) is 3.85. The van der Waals surface area contributed by atoms with Gasteiger partial charge in [0, 0.05) is 5.56 Å². The van der Waals surface area contributed by atoms with Gasteiger partial charge in [0.2, 0.25) is 0 Å². The molecule has 0 amide bonds. The molecule has 6 nitrogen and oxygen atoms in total. The summed E-state index contributed by atoms with van der Waals surface area (Å²) in [5.74, 6) is -0.0291. The molecule has 6 heteroatoms. The topological polar surface area (TPSA) is 99.0 Å². The molecule has 0 bridgehead atoms. The number of carbonyl (C=O) groups is 1. The van der Waals surface area contributed by atoms with Crippen LogP contribution in [0.2, 0.25) is 0 Å². The first-order valence-electron chi connectivity index (χ1n) is 10.6. The van der Waals surface area contributed by atoms with Crippen molar-refractivity contribution < 1.29 is 14.6 Å². The third-order valence-corrected chi connectivity index (χ3v) is 5.68. The predicted octanol–water partition coefficient (Wildman–Crippen LogP) is 6.00. The highest BCUT2D eigenvalue weighted by Crippen LogP contribution is 2.39. The molecule has 0 fully saturated rings. The fourth-order valence-corrected chi connectivity index (χ4v) is 4.13. The molecule has 164 valence electrons. The lowest BCUT2D eigenvalue weighted by molar-refractivity contribution is 0.0259. The minimum absolute atomic E-state index is 0.124. The van der Waals surface area contributed by atoms with Crippen molar-refractivity contribution in [3.8, 4) is 17.2 Å². The summed E-state index contributed by atoms with van der Waals surface area (Å²) in [4.78, 5) is 19.6. The highest BCUT2D eigenvalue weighted by Gasteiger charge is 2.38. The minimum atomic E-state index is -1.04. The fraction of sp³-hybridized carbons (Fsp3) is 0.148. The van der Waals surface area contributed by atoms with Crippen LogP contribution in [0.5, 0.6) is 0 Å². The number of nitrogens with one attached hydrogen (secondary N) is 1. The van der Waals surface area contributed by atoms with Crippen LogP contribution < -0.4 is 0 Å². The number of carboxylic acid groups (broad SMARTS) is 1. The molecule has 1 heterocycles. The van der Waals surface area contributed by atoms with E-state index in [2.05, 4.69) is 22.6 Å². The van der Waals surface area contributed by atoms with Gasteiger partial charge in [-0.2, -0.15) is 5.26 Å². The van der Waals surface area contributed by atoms with Crippen LogP contribution in [-0.4, -0.2) is 21.0 Å². The van der Waals surface area contributed by atoms with Crippen LogP contribution in [0.4, 0.5) is 0 Å². The van der Waals surface area contributed by atoms with Gasteiger partial charge in [0.15, 0.2) is 11.4 Å². The predicted molar refractivity (Wildman–Crippen MR) is 127 cm³/mol. The molecule has 1 aromatic heterocycles. The van der Waals surface area contributed by atoms with Gasteiger partial charge in [0.1, 0.15) is 5.52 Å². The van der Waals surface area contributed by atoms with E-state index in [-0.39, 0.29) is 5.56 Å². The number of hydrogen-bond acceptors (Lipinski definition) is 4. The molecule has 4 aromatic rings. The molecule has 0 aliphatic carbocycles. The van der Waals surface area contributed by atoms with E-state index in [1.165, 1.54) is 6.07 Å². The van der Waals surface area contributed by atoms with Crippen molar-refractivity contribution in [2.75, 3.05) is 0 Å². The molecule has 4 rings (SSSR count). The van der Waals surface area contributed by atoms with Crippen molar-refractivity contribution in [3.05, 3.63) is 102 Å². The first kappa shape index (κ1) is 21.8. The minimum Gasteiger partial charge on any atom is -0.480 e. The smallest absolute Gasteiger partial charge is 0.337 e. The number of para-hydroxylation sites is 1. The number of rotatable bonds is 7. The molecule has 0 saturated heterocycles. The number of hydrogen-bond donors (Lipinski definition) is 2. The molecular weight excluding hydrogens is 414 g/mol. The second kappa shape index (κ2) is 8.64. The molecule has 3 aromatic carbocycles. The lowest BCUT2D eigenvalue weighted by Gasteiger charge is -2.32. The maximum Gasteiger partial charge on any atom is 0.337 e.